The maximum absolute atomic E-state index is 12.0. The van der Waals surface area contributed by atoms with Gasteiger partial charge >= 0.3 is 0 Å². The van der Waals surface area contributed by atoms with Gasteiger partial charge in [-0.05, 0) is 13.8 Å². The first-order valence-corrected chi connectivity index (χ1v) is 14.5. The van der Waals surface area contributed by atoms with Gasteiger partial charge in [0, 0.05) is 21.5 Å². The Morgan fingerprint density at radius 3 is 1.80 bits per heavy atom. The molecule has 16 nitrogen and oxygen atoms in total. The van der Waals surface area contributed by atoms with Crippen LogP contribution in [0.25, 0.3) is 0 Å². The Bertz CT molecular complexity index is 896. The van der Waals surface area contributed by atoms with Gasteiger partial charge in [-0.25, -0.2) is 8.62 Å². The summed E-state index contributed by atoms with van der Waals surface area (Å²) < 4.78 is 73.3. The number of fused-ring (bicyclic) bond motifs is 1. The van der Waals surface area contributed by atoms with Crippen LogP contribution in [0.15, 0.2) is 0 Å². The Balaban J connectivity index is 1.52. The van der Waals surface area contributed by atoms with E-state index in [-0.39, 0.29) is 0 Å². The minimum absolute atomic E-state index is 0.684. The fraction of sp³-hybridized carbons (Fsp3) is 1.00. The SMILES string of the molecule is [B]B([B])[C@@H]1O[C@H](COP(=O)([O-])OP(=O)([O-])OP(=O)([O-])OC[C@H]2O[C@@H](C)C(O)C2O)C2OC(C)O[C@@H]21. The van der Waals surface area contributed by atoms with Crippen LogP contribution >= 0.6 is 23.5 Å². The van der Waals surface area contributed by atoms with Crippen LogP contribution in [0.5, 0.6) is 0 Å². The molecule has 3 heterocycles. The second kappa shape index (κ2) is 11.2. The van der Waals surface area contributed by atoms with E-state index < -0.39 is 98.2 Å². The van der Waals surface area contributed by atoms with E-state index in [9.17, 15) is 38.6 Å². The highest BCUT2D eigenvalue weighted by Crippen LogP contribution is 2.63. The normalized spacial score (nSPS) is 42.2. The molecule has 7 unspecified atom stereocenters. The van der Waals surface area contributed by atoms with Gasteiger partial charge in [-0.3, -0.25) is 13.7 Å². The minimum atomic E-state index is -6.10. The third-order valence-corrected chi connectivity index (χ3v) is 9.35. The summed E-state index contributed by atoms with van der Waals surface area (Å²) in [4.78, 5) is 35.6. The molecule has 0 aromatic carbocycles. The lowest BCUT2D eigenvalue weighted by molar-refractivity contribution is -0.252. The fourth-order valence-electron chi connectivity index (χ4n) is 3.70. The number of rotatable bonds is 11. The number of hydrogen-bond donors (Lipinski definition) is 2. The summed E-state index contributed by atoms with van der Waals surface area (Å²) in [7, 11) is -6.32. The zero-order valence-corrected chi connectivity index (χ0v) is 21.0. The van der Waals surface area contributed by atoms with Crippen molar-refractivity contribution in [2.45, 2.75) is 68.9 Å². The van der Waals surface area contributed by atoms with E-state index in [2.05, 4.69) is 17.7 Å². The quantitative estimate of drug-likeness (QED) is 0.183. The summed E-state index contributed by atoms with van der Waals surface area (Å²) in [5.41, 5.74) is 0. The van der Waals surface area contributed by atoms with Gasteiger partial charge in [-0.15, -0.1) is 0 Å². The van der Waals surface area contributed by atoms with Crippen LogP contribution in [0.4, 0.5) is 0 Å². The monoisotopic (exact) mass is 559 g/mol. The summed E-state index contributed by atoms with van der Waals surface area (Å²) in [6.45, 7) is 0.180. The topological polar surface area (TPSA) is 235 Å². The predicted molar refractivity (Wildman–Crippen MR) is 108 cm³/mol. The molecule has 0 spiro atoms. The third kappa shape index (κ3) is 7.70. The molecule has 0 aromatic heterocycles. The average Bonchev–Trinajstić information content (AvgIpc) is 3.30. The number of phosphoric acid groups is 3. The van der Waals surface area contributed by atoms with Crippen molar-refractivity contribution in [2.75, 3.05) is 13.2 Å². The number of phosphoric ester groups is 2. The van der Waals surface area contributed by atoms with Gasteiger partial charge in [-0.1, -0.05) is 0 Å². The Kier molecular flexibility index (Phi) is 9.60. The molecule has 3 fully saturated rings. The molecule has 4 radical (unpaired) electrons. The number of aliphatic hydroxyl groups excluding tert-OH is 2. The molecule has 3 aliphatic rings. The first-order chi connectivity index (χ1) is 16.0. The molecule has 12 atom stereocenters. The molecule has 3 saturated heterocycles. The van der Waals surface area contributed by atoms with Gasteiger partial charge in [0.15, 0.2) is 6.29 Å². The van der Waals surface area contributed by atoms with Crippen LogP contribution in [0.3, 0.4) is 0 Å². The van der Waals surface area contributed by atoms with Crippen molar-refractivity contribution in [3.63, 3.8) is 0 Å². The van der Waals surface area contributed by atoms with Gasteiger partial charge in [0.1, 0.15) is 36.6 Å². The van der Waals surface area contributed by atoms with Crippen LogP contribution < -0.4 is 14.7 Å². The fourth-order valence-corrected chi connectivity index (χ4v) is 7.09. The van der Waals surface area contributed by atoms with E-state index in [0.717, 1.165) is 0 Å². The maximum atomic E-state index is 12.0. The first-order valence-electron chi connectivity index (χ1n) is 10.1. The van der Waals surface area contributed by atoms with Crippen molar-refractivity contribution < 1.29 is 75.2 Å². The van der Waals surface area contributed by atoms with Crippen molar-refractivity contribution in [3.05, 3.63) is 0 Å². The molecule has 0 saturated carbocycles. The molecule has 196 valence electrons. The summed E-state index contributed by atoms with van der Waals surface area (Å²) in [5.74, 6) is 0. The third-order valence-electron chi connectivity index (χ3n) is 5.22. The highest BCUT2D eigenvalue weighted by Gasteiger charge is 2.52. The van der Waals surface area contributed by atoms with Crippen LogP contribution in [-0.2, 0) is 50.3 Å². The Morgan fingerprint density at radius 2 is 1.31 bits per heavy atom. The number of aliphatic hydroxyl groups is 2. The minimum Gasteiger partial charge on any atom is -0.756 e. The van der Waals surface area contributed by atoms with Crippen molar-refractivity contribution in [2.24, 2.45) is 0 Å². The van der Waals surface area contributed by atoms with E-state index in [1.165, 1.54) is 6.92 Å². The number of ether oxygens (including phenoxy) is 4. The van der Waals surface area contributed by atoms with Crippen LogP contribution in [-0.4, -0.2) is 100 Å². The molecule has 3 rings (SSSR count). The van der Waals surface area contributed by atoms with E-state index in [0.29, 0.717) is 0 Å². The summed E-state index contributed by atoms with van der Waals surface area (Å²) in [6.07, 6.45) is -8.44. The largest absolute Gasteiger partial charge is 0.756 e. The Labute approximate surface area is 203 Å². The molecule has 22 heteroatoms. The van der Waals surface area contributed by atoms with Gasteiger partial charge in [0.2, 0.25) is 0 Å². The van der Waals surface area contributed by atoms with Crippen LogP contribution in [0, 0.1) is 0 Å². The van der Waals surface area contributed by atoms with Crippen molar-refractivity contribution in [1.82, 2.24) is 0 Å². The standard InChI is InChI=1S/C13H24B3O16P3/c1-5-9(17)10(18)7(27-5)3-25-33(19,20)31-35(23,24)32-34(21,22)26-4-8-11-12(29-6(2)28-11)13(30-8)16(14)15/h5-13,17-18H,3-4H2,1-2H3,(H,19,20)(H,21,22)(H,23,24)/p-3/t5-,6?,7+,8+,9?,10?,11?,12-,13+/m0/s1. The van der Waals surface area contributed by atoms with Gasteiger partial charge in [0.05, 0.1) is 25.8 Å². The van der Waals surface area contributed by atoms with Gasteiger partial charge in [-0.2, -0.15) is 0 Å². The lowest BCUT2D eigenvalue weighted by atomic mass is 9.16. The van der Waals surface area contributed by atoms with E-state index in [1.807, 2.05) is 0 Å². The molecule has 0 amide bonds. The average molecular weight is 559 g/mol. The molecule has 2 N–H and O–H groups in total. The van der Waals surface area contributed by atoms with Gasteiger partial charge < -0.3 is 52.9 Å². The van der Waals surface area contributed by atoms with E-state index >= 15 is 0 Å². The van der Waals surface area contributed by atoms with Crippen molar-refractivity contribution >= 4 is 45.4 Å². The predicted octanol–water partition coefficient (Wildman–Crippen LogP) is -3.77. The molecular weight excluding hydrogens is 537 g/mol. The van der Waals surface area contributed by atoms with Crippen molar-refractivity contribution in [3.8, 4) is 0 Å². The molecular formula is C13H21B3O16P3-3. The zero-order valence-electron chi connectivity index (χ0n) is 18.3. The molecule has 0 aliphatic carbocycles. The molecule has 0 aromatic rings. The number of hydrogen-bond acceptors (Lipinski definition) is 16. The van der Waals surface area contributed by atoms with Crippen LogP contribution in [0.2, 0.25) is 0 Å². The highest BCUT2D eigenvalue weighted by atomic mass is 31.3. The Morgan fingerprint density at radius 1 is 0.800 bits per heavy atom. The lowest BCUT2D eigenvalue weighted by Crippen LogP contribution is -2.42. The van der Waals surface area contributed by atoms with E-state index in [4.69, 9.17) is 34.4 Å². The highest BCUT2D eigenvalue weighted by molar-refractivity contribution is 7.65. The molecule has 0 bridgehead atoms. The van der Waals surface area contributed by atoms with Crippen LogP contribution in [0.1, 0.15) is 13.8 Å². The second-order valence-corrected chi connectivity index (χ2v) is 12.4. The summed E-state index contributed by atoms with van der Waals surface area (Å²) >= 11 is 0. The maximum Gasteiger partial charge on any atom is 0.280 e. The molecule has 35 heavy (non-hydrogen) atoms. The van der Waals surface area contributed by atoms with E-state index in [1.54, 1.807) is 6.92 Å². The smallest absolute Gasteiger partial charge is 0.280 e. The Hall–Kier alpha value is 0.365. The zero-order chi connectivity index (χ0) is 26.3. The lowest BCUT2D eigenvalue weighted by Gasteiger charge is -2.35. The summed E-state index contributed by atoms with van der Waals surface area (Å²) in [6, 6.07) is -0.880. The molecule has 3 aliphatic heterocycles. The first kappa shape index (κ1) is 29.9. The van der Waals surface area contributed by atoms with Gasteiger partial charge in [0.25, 0.3) is 23.5 Å². The van der Waals surface area contributed by atoms with Crippen molar-refractivity contribution in [1.29, 1.82) is 0 Å². The second-order valence-electron chi connectivity index (χ2n) is 7.94. The summed E-state index contributed by atoms with van der Waals surface area (Å²) in [5, 5.41) is 19.3.